The molecule has 0 radical (unpaired) electrons. The number of nitrogen functional groups attached to an aromatic ring is 1. The molecule has 0 aliphatic heterocycles. The zero-order valence-electron chi connectivity index (χ0n) is 12.1. The second-order valence-corrected chi connectivity index (χ2v) is 4.84. The Morgan fingerprint density at radius 1 is 1.45 bits per heavy atom. The summed E-state index contributed by atoms with van der Waals surface area (Å²) in [5, 5.41) is 7.25. The molecular weight excluding hydrogens is 252 g/mol. The highest BCUT2D eigenvalue weighted by Gasteiger charge is 2.17. The fraction of sp³-hybridized carbons (Fsp3) is 0.333. The van der Waals surface area contributed by atoms with Gasteiger partial charge in [0.25, 0.3) is 5.91 Å². The highest BCUT2D eigenvalue weighted by atomic mass is 16.1. The molecule has 0 bridgehead atoms. The van der Waals surface area contributed by atoms with Gasteiger partial charge in [0.2, 0.25) is 0 Å². The lowest BCUT2D eigenvalue weighted by molar-refractivity contribution is 0.0939. The minimum absolute atomic E-state index is 0.120. The summed E-state index contributed by atoms with van der Waals surface area (Å²) in [5.41, 5.74) is 8.96. The Labute approximate surface area is 118 Å². The Hall–Kier alpha value is -2.30. The Morgan fingerprint density at radius 3 is 2.80 bits per heavy atom. The predicted octanol–water partition coefficient (Wildman–Crippen LogP) is 2.06. The van der Waals surface area contributed by atoms with Crippen LogP contribution in [0.5, 0.6) is 0 Å². The molecule has 1 amide bonds. The third kappa shape index (κ3) is 2.82. The standard InChI is InChI=1S/C15H20N4O/c1-4-14-12(9-19(3)18-14)15(20)17-10(2)11-7-5-6-8-13(11)16/h5-10H,4,16H2,1-3H3,(H,17,20). The van der Waals surface area contributed by atoms with Gasteiger partial charge in [-0.2, -0.15) is 5.10 Å². The monoisotopic (exact) mass is 272 g/mol. The van der Waals surface area contributed by atoms with Gasteiger partial charge in [0.1, 0.15) is 0 Å². The van der Waals surface area contributed by atoms with E-state index in [9.17, 15) is 4.79 Å². The molecular formula is C15H20N4O. The Morgan fingerprint density at radius 2 is 2.15 bits per heavy atom. The van der Waals surface area contributed by atoms with Crippen molar-refractivity contribution in [1.82, 2.24) is 15.1 Å². The van der Waals surface area contributed by atoms with E-state index >= 15 is 0 Å². The first-order chi connectivity index (χ1) is 9.52. The van der Waals surface area contributed by atoms with Gasteiger partial charge in [-0.25, -0.2) is 0 Å². The van der Waals surface area contributed by atoms with E-state index in [1.54, 1.807) is 10.9 Å². The van der Waals surface area contributed by atoms with E-state index < -0.39 is 0 Å². The van der Waals surface area contributed by atoms with E-state index in [2.05, 4.69) is 10.4 Å². The molecule has 0 saturated carbocycles. The van der Waals surface area contributed by atoms with Crippen LogP contribution in [0.4, 0.5) is 5.69 Å². The number of benzene rings is 1. The van der Waals surface area contributed by atoms with Crippen LogP contribution in [0.25, 0.3) is 0 Å². The Bertz CT molecular complexity index is 618. The van der Waals surface area contributed by atoms with Gasteiger partial charge in [-0.1, -0.05) is 25.1 Å². The summed E-state index contributed by atoms with van der Waals surface area (Å²) in [6, 6.07) is 7.40. The number of carbonyl (C=O) groups is 1. The Kier molecular flexibility index (Phi) is 4.08. The summed E-state index contributed by atoms with van der Waals surface area (Å²) in [4.78, 5) is 12.3. The number of amides is 1. The van der Waals surface area contributed by atoms with Gasteiger partial charge in [-0.05, 0) is 25.0 Å². The van der Waals surface area contributed by atoms with Crippen molar-refractivity contribution in [3.63, 3.8) is 0 Å². The molecule has 20 heavy (non-hydrogen) atoms. The summed E-state index contributed by atoms with van der Waals surface area (Å²) in [6.45, 7) is 3.91. The van der Waals surface area contributed by atoms with Gasteiger partial charge >= 0.3 is 0 Å². The zero-order valence-corrected chi connectivity index (χ0v) is 12.1. The molecule has 5 nitrogen and oxygen atoms in total. The van der Waals surface area contributed by atoms with Crippen LogP contribution in [0, 0.1) is 0 Å². The number of rotatable bonds is 4. The van der Waals surface area contributed by atoms with Crippen LogP contribution in [0.15, 0.2) is 30.5 Å². The number of para-hydroxylation sites is 1. The lowest BCUT2D eigenvalue weighted by Gasteiger charge is -2.16. The van der Waals surface area contributed by atoms with E-state index in [-0.39, 0.29) is 11.9 Å². The Balaban J connectivity index is 2.17. The molecule has 1 unspecified atom stereocenters. The van der Waals surface area contributed by atoms with Crippen molar-refractivity contribution in [3.05, 3.63) is 47.3 Å². The third-order valence-corrected chi connectivity index (χ3v) is 3.29. The lowest BCUT2D eigenvalue weighted by Crippen LogP contribution is -2.27. The first-order valence-electron chi connectivity index (χ1n) is 6.70. The number of anilines is 1. The number of nitrogens with zero attached hydrogens (tertiary/aromatic N) is 2. The molecule has 1 aromatic carbocycles. The van der Waals surface area contributed by atoms with Crippen LogP contribution in [0.3, 0.4) is 0 Å². The van der Waals surface area contributed by atoms with Crippen LogP contribution in [-0.2, 0) is 13.5 Å². The van der Waals surface area contributed by atoms with Crippen molar-refractivity contribution in [3.8, 4) is 0 Å². The average molecular weight is 272 g/mol. The van der Waals surface area contributed by atoms with Crippen LogP contribution in [0.2, 0.25) is 0 Å². The molecule has 1 aromatic heterocycles. The maximum absolute atomic E-state index is 12.3. The third-order valence-electron chi connectivity index (χ3n) is 3.29. The second-order valence-electron chi connectivity index (χ2n) is 4.84. The maximum atomic E-state index is 12.3. The molecule has 2 rings (SSSR count). The quantitative estimate of drug-likeness (QED) is 0.837. The van der Waals surface area contributed by atoms with E-state index in [1.165, 1.54) is 0 Å². The molecule has 106 valence electrons. The summed E-state index contributed by atoms with van der Waals surface area (Å²) >= 11 is 0. The van der Waals surface area contributed by atoms with Gasteiger partial charge in [-0.15, -0.1) is 0 Å². The topological polar surface area (TPSA) is 72.9 Å². The van der Waals surface area contributed by atoms with Crippen molar-refractivity contribution in [1.29, 1.82) is 0 Å². The van der Waals surface area contributed by atoms with Crippen LogP contribution in [-0.4, -0.2) is 15.7 Å². The zero-order chi connectivity index (χ0) is 14.7. The fourth-order valence-electron chi connectivity index (χ4n) is 2.24. The minimum Gasteiger partial charge on any atom is -0.398 e. The van der Waals surface area contributed by atoms with Crippen molar-refractivity contribution in [2.75, 3.05) is 5.73 Å². The second kappa shape index (κ2) is 5.77. The summed E-state index contributed by atoms with van der Waals surface area (Å²) < 4.78 is 1.66. The predicted molar refractivity (Wildman–Crippen MR) is 79.3 cm³/mol. The largest absolute Gasteiger partial charge is 0.398 e. The first-order valence-corrected chi connectivity index (χ1v) is 6.70. The molecule has 2 aromatic rings. The number of hydrogen-bond acceptors (Lipinski definition) is 3. The van der Waals surface area contributed by atoms with Gasteiger partial charge in [0, 0.05) is 18.9 Å². The summed E-state index contributed by atoms with van der Waals surface area (Å²) in [6.07, 6.45) is 2.47. The van der Waals surface area contributed by atoms with Gasteiger partial charge in [0.15, 0.2) is 0 Å². The number of nitrogens with one attached hydrogen (secondary N) is 1. The maximum Gasteiger partial charge on any atom is 0.255 e. The van der Waals surface area contributed by atoms with Crippen LogP contribution < -0.4 is 11.1 Å². The molecule has 1 heterocycles. The summed E-state index contributed by atoms with van der Waals surface area (Å²) in [5.74, 6) is -0.120. The lowest BCUT2D eigenvalue weighted by atomic mass is 10.1. The average Bonchev–Trinajstić information content (AvgIpc) is 2.80. The molecule has 3 N–H and O–H groups in total. The molecule has 5 heteroatoms. The van der Waals surface area contributed by atoms with E-state index in [0.717, 1.165) is 17.7 Å². The molecule has 0 spiro atoms. The van der Waals surface area contributed by atoms with Crippen molar-refractivity contribution < 1.29 is 4.79 Å². The molecule has 0 fully saturated rings. The number of aromatic nitrogens is 2. The van der Waals surface area contributed by atoms with Crippen molar-refractivity contribution in [2.45, 2.75) is 26.3 Å². The fourth-order valence-corrected chi connectivity index (χ4v) is 2.24. The molecule has 0 aliphatic carbocycles. The van der Waals surface area contributed by atoms with E-state index in [0.29, 0.717) is 11.3 Å². The van der Waals surface area contributed by atoms with E-state index in [1.807, 2.05) is 45.2 Å². The number of hydrogen-bond donors (Lipinski definition) is 2. The van der Waals surface area contributed by atoms with Gasteiger partial charge < -0.3 is 11.1 Å². The van der Waals surface area contributed by atoms with E-state index in [4.69, 9.17) is 5.73 Å². The highest BCUT2D eigenvalue weighted by Crippen LogP contribution is 2.20. The van der Waals surface area contributed by atoms with Crippen molar-refractivity contribution in [2.24, 2.45) is 7.05 Å². The molecule has 0 aliphatic rings. The van der Waals surface area contributed by atoms with Gasteiger partial charge in [-0.3, -0.25) is 9.48 Å². The number of nitrogens with two attached hydrogens (primary N) is 1. The number of carbonyl (C=O) groups excluding carboxylic acids is 1. The smallest absolute Gasteiger partial charge is 0.255 e. The summed E-state index contributed by atoms with van der Waals surface area (Å²) in [7, 11) is 1.81. The first kappa shape index (κ1) is 14.1. The van der Waals surface area contributed by atoms with Crippen LogP contribution in [0.1, 0.15) is 41.5 Å². The molecule has 0 saturated heterocycles. The van der Waals surface area contributed by atoms with Crippen LogP contribution >= 0.6 is 0 Å². The minimum atomic E-state index is -0.145. The number of aryl methyl sites for hydroxylation is 2. The molecule has 1 atom stereocenters. The normalized spacial score (nSPS) is 12.2. The highest BCUT2D eigenvalue weighted by molar-refractivity contribution is 5.95. The van der Waals surface area contributed by atoms with Gasteiger partial charge in [0.05, 0.1) is 17.3 Å². The SMILES string of the molecule is CCc1nn(C)cc1C(=O)NC(C)c1ccccc1N. The van der Waals surface area contributed by atoms with Crippen molar-refractivity contribution >= 4 is 11.6 Å².